The lowest BCUT2D eigenvalue weighted by Crippen LogP contribution is -1.99. The molecule has 0 aliphatic rings. The van der Waals surface area contributed by atoms with Crippen LogP contribution in [0.3, 0.4) is 0 Å². The zero-order chi connectivity index (χ0) is 17.1. The number of benzene rings is 1. The Kier molecular flexibility index (Phi) is 4.57. The summed E-state index contributed by atoms with van der Waals surface area (Å²) in [7, 11) is 1.53. The first-order valence-corrected chi connectivity index (χ1v) is 7.49. The molecule has 0 saturated heterocycles. The van der Waals surface area contributed by atoms with Gasteiger partial charge in [0.2, 0.25) is 11.8 Å². The molecule has 3 aromatic rings. The minimum absolute atomic E-state index is 0.0480. The third-order valence-corrected chi connectivity index (χ3v) is 3.75. The van der Waals surface area contributed by atoms with Gasteiger partial charge in [0.05, 0.1) is 12.1 Å². The maximum absolute atomic E-state index is 13.4. The number of nitrogen functional groups attached to an aromatic ring is 1. The van der Waals surface area contributed by atoms with E-state index in [-0.39, 0.29) is 11.0 Å². The summed E-state index contributed by atoms with van der Waals surface area (Å²) in [5, 5.41) is 0.0480. The molecule has 0 bridgehead atoms. The van der Waals surface area contributed by atoms with Crippen LogP contribution in [-0.4, -0.2) is 22.1 Å². The smallest absolute Gasteiger partial charge is 0.221 e. The van der Waals surface area contributed by atoms with Crippen molar-refractivity contribution in [2.24, 2.45) is 0 Å². The van der Waals surface area contributed by atoms with E-state index < -0.39 is 5.82 Å². The van der Waals surface area contributed by atoms with Crippen molar-refractivity contribution in [1.82, 2.24) is 15.0 Å². The van der Waals surface area contributed by atoms with Gasteiger partial charge in [-0.1, -0.05) is 17.7 Å². The molecule has 0 spiro atoms. The average Bonchev–Trinajstić information content (AvgIpc) is 2.59. The predicted molar refractivity (Wildman–Crippen MR) is 90.4 cm³/mol. The van der Waals surface area contributed by atoms with Crippen LogP contribution in [0, 0.1) is 5.82 Å². The number of nitrogens with two attached hydrogens (primary N) is 1. The summed E-state index contributed by atoms with van der Waals surface area (Å²) in [5.41, 5.74) is 8.78. The fourth-order valence-corrected chi connectivity index (χ4v) is 2.50. The second-order valence-corrected chi connectivity index (χ2v) is 5.56. The Labute approximate surface area is 143 Å². The molecule has 0 aliphatic carbocycles. The lowest BCUT2D eigenvalue weighted by molar-refractivity contribution is 0.399. The molecule has 0 amide bonds. The Morgan fingerprint density at radius 2 is 1.79 bits per heavy atom. The number of anilines is 1. The second-order valence-electron chi connectivity index (χ2n) is 5.16. The van der Waals surface area contributed by atoms with Gasteiger partial charge in [-0.15, -0.1) is 0 Å². The highest BCUT2D eigenvalue weighted by atomic mass is 35.5. The molecule has 2 heterocycles. The summed E-state index contributed by atoms with van der Waals surface area (Å²) in [5.74, 6) is 0.200. The Bertz CT molecular complexity index is 871. The Morgan fingerprint density at radius 3 is 2.46 bits per heavy atom. The third kappa shape index (κ3) is 3.44. The summed E-state index contributed by atoms with van der Waals surface area (Å²) >= 11 is 5.88. The molecule has 0 unspecified atom stereocenters. The average molecular weight is 345 g/mol. The summed E-state index contributed by atoms with van der Waals surface area (Å²) < 4.78 is 18.7. The number of aromatic nitrogens is 3. The first kappa shape index (κ1) is 16.1. The molecular formula is C17H14ClFN4O. The van der Waals surface area contributed by atoms with Gasteiger partial charge in [-0.2, -0.15) is 0 Å². The van der Waals surface area contributed by atoms with Crippen LogP contribution in [0.25, 0.3) is 11.1 Å². The summed E-state index contributed by atoms with van der Waals surface area (Å²) in [6, 6.07) is 6.42. The van der Waals surface area contributed by atoms with E-state index in [4.69, 9.17) is 22.1 Å². The number of ether oxygens (including phenoxy) is 1. The van der Waals surface area contributed by atoms with Crippen LogP contribution in [0.15, 0.2) is 42.9 Å². The quantitative estimate of drug-likeness (QED) is 0.784. The largest absolute Gasteiger partial charge is 0.481 e. The zero-order valence-electron chi connectivity index (χ0n) is 12.8. The van der Waals surface area contributed by atoms with E-state index in [1.165, 1.54) is 13.2 Å². The molecule has 1 aromatic carbocycles. The maximum Gasteiger partial charge on any atom is 0.221 e. The van der Waals surface area contributed by atoms with Crippen molar-refractivity contribution in [3.8, 4) is 17.0 Å². The van der Waals surface area contributed by atoms with Gasteiger partial charge in [0, 0.05) is 30.6 Å². The third-order valence-electron chi connectivity index (χ3n) is 3.47. The summed E-state index contributed by atoms with van der Waals surface area (Å²) in [4.78, 5) is 12.3. The molecule has 122 valence electrons. The number of rotatable bonds is 4. The van der Waals surface area contributed by atoms with Crippen LogP contribution in [0.2, 0.25) is 5.02 Å². The molecule has 0 atom stereocenters. The Morgan fingerprint density at radius 1 is 1.08 bits per heavy atom. The van der Waals surface area contributed by atoms with Crippen molar-refractivity contribution in [1.29, 1.82) is 0 Å². The highest BCUT2D eigenvalue weighted by molar-refractivity contribution is 6.31. The van der Waals surface area contributed by atoms with Crippen molar-refractivity contribution >= 4 is 17.5 Å². The van der Waals surface area contributed by atoms with Crippen molar-refractivity contribution in [3.63, 3.8) is 0 Å². The lowest BCUT2D eigenvalue weighted by Gasteiger charge is -2.10. The predicted octanol–water partition coefficient (Wildman–Crippen LogP) is 3.51. The molecule has 0 radical (unpaired) electrons. The van der Waals surface area contributed by atoms with Crippen molar-refractivity contribution in [3.05, 3.63) is 64.8 Å². The highest BCUT2D eigenvalue weighted by Crippen LogP contribution is 2.31. The number of methoxy groups -OCH3 is 1. The summed E-state index contributed by atoms with van der Waals surface area (Å²) in [6.45, 7) is 0. The van der Waals surface area contributed by atoms with Gasteiger partial charge in [0.1, 0.15) is 5.82 Å². The fraction of sp³-hybridized carbons (Fsp3) is 0.118. The topological polar surface area (TPSA) is 73.9 Å². The number of pyridine rings is 1. The van der Waals surface area contributed by atoms with Gasteiger partial charge in [-0.3, -0.25) is 0 Å². The number of hydrogen-bond acceptors (Lipinski definition) is 5. The van der Waals surface area contributed by atoms with Crippen LogP contribution in [0.4, 0.5) is 10.3 Å². The van der Waals surface area contributed by atoms with E-state index in [0.29, 0.717) is 12.3 Å². The standard InChI is InChI=1S/C17H14ClFN4O/c1-24-16-13(12-2-3-15(19)14(18)6-12)5-10(7-21-16)4-11-8-22-17(20)23-9-11/h2-3,5-9H,4H2,1H3,(H2,20,22,23). The van der Waals surface area contributed by atoms with E-state index in [1.807, 2.05) is 6.07 Å². The van der Waals surface area contributed by atoms with Gasteiger partial charge >= 0.3 is 0 Å². The zero-order valence-corrected chi connectivity index (χ0v) is 13.6. The van der Waals surface area contributed by atoms with Crippen LogP contribution >= 0.6 is 11.6 Å². The maximum atomic E-state index is 13.4. The van der Waals surface area contributed by atoms with Crippen LogP contribution in [0.5, 0.6) is 5.88 Å². The van der Waals surface area contributed by atoms with Crippen molar-refractivity contribution < 1.29 is 9.13 Å². The molecule has 7 heteroatoms. The molecule has 0 fully saturated rings. The molecule has 2 aromatic heterocycles. The van der Waals surface area contributed by atoms with Gasteiger partial charge in [0.25, 0.3) is 0 Å². The second kappa shape index (κ2) is 6.80. The lowest BCUT2D eigenvalue weighted by atomic mass is 10.0. The molecule has 24 heavy (non-hydrogen) atoms. The van der Waals surface area contributed by atoms with Crippen molar-refractivity contribution in [2.75, 3.05) is 12.8 Å². The minimum atomic E-state index is -0.470. The van der Waals surface area contributed by atoms with Crippen LogP contribution in [0.1, 0.15) is 11.1 Å². The molecule has 3 rings (SSSR count). The number of nitrogens with zero attached hydrogens (tertiary/aromatic N) is 3. The minimum Gasteiger partial charge on any atom is -0.481 e. The van der Waals surface area contributed by atoms with Crippen LogP contribution < -0.4 is 10.5 Å². The molecule has 2 N–H and O–H groups in total. The number of hydrogen-bond donors (Lipinski definition) is 1. The van der Waals surface area contributed by atoms with Crippen molar-refractivity contribution in [2.45, 2.75) is 6.42 Å². The number of halogens is 2. The van der Waals surface area contributed by atoms with E-state index >= 15 is 0 Å². The van der Waals surface area contributed by atoms with E-state index in [9.17, 15) is 4.39 Å². The van der Waals surface area contributed by atoms with Crippen LogP contribution in [-0.2, 0) is 6.42 Å². The Balaban J connectivity index is 1.98. The Hall–Kier alpha value is -2.73. The first-order chi connectivity index (χ1) is 11.6. The van der Waals surface area contributed by atoms with Gasteiger partial charge in [0.15, 0.2) is 0 Å². The van der Waals surface area contributed by atoms with E-state index in [2.05, 4.69) is 15.0 Å². The molecule has 0 saturated carbocycles. The molecule has 0 aliphatic heterocycles. The van der Waals surface area contributed by atoms with E-state index in [0.717, 1.165) is 22.3 Å². The van der Waals surface area contributed by atoms with Gasteiger partial charge < -0.3 is 10.5 Å². The SMILES string of the molecule is COc1ncc(Cc2cnc(N)nc2)cc1-c1ccc(F)c(Cl)c1. The monoisotopic (exact) mass is 344 g/mol. The fourth-order valence-electron chi connectivity index (χ4n) is 2.32. The van der Waals surface area contributed by atoms with Gasteiger partial charge in [-0.05, 0) is 34.9 Å². The van der Waals surface area contributed by atoms with E-state index in [1.54, 1.807) is 30.7 Å². The van der Waals surface area contributed by atoms with Gasteiger partial charge in [-0.25, -0.2) is 19.3 Å². The summed E-state index contributed by atoms with van der Waals surface area (Å²) in [6.07, 6.45) is 5.63. The molecule has 5 nitrogen and oxygen atoms in total. The highest BCUT2D eigenvalue weighted by Gasteiger charge is 2.11. The normalized spacial score (nSPS) is 10.6. The first-order valence-electron chi connectivity index (χ1n) is 7.11. The molecular weight excluding hydrogens is 331 g/mol.